The molecule has 22 heavy (non-hydrogen) atoms. The van der Waals surface area contributed by atoms with Gasteiger partial charge in [-0.05, 0) is 30.2 Å². The largest absolute Gasteiger partial charge is 0.383 e. The number of amides is 1. The molecule has 1 amide bonds. The second-order valence-corrected chi connectivity index (χ2v) is 4.69. The summed E-state index contributed by atoms with van der Waals surface area (Å²) in [5, 5.41) is 5.81. The van der Waals surface area contributed by atoms with Crippen LogP contribution in [0.4, 0.5) is 11.6 Å². The minimum absolute atomic E-state index is 0.263. The number of rotatable bonds is 7. The number of benzene rings is 1. The molecular weight excluding hydrogens is 280 g/mol. The minimum Gasteiger partial charge on any atom is -0.383 e. The van der Waals surface area contributed by atoms with Crippen LogP contribution in [0.5, 0.6) is 0 Å². The zero-order valence-corrected chi connectivity index (χ0v) is 12.8. The monoisotopic (exact) mass is 300 g/mol. The Bertz CT molecular complexity index is 614. The number of ether oxygens (including phenoxy) is 1. The van der Waals surface area contributed by atoms with Crippen molar-refractivity contribution in [1.82, 2.24) is 9.97 Å². The van der Waals surface area contributed by atoms with E-state index in [2.05, 4.69) is 27.5 Å². The van der Waals surface area contributed by atoms with Crippen molar-refractivity contribution in [2.24, 2.45) is 0 Å². The van der Waals surface area contributed by atoms with Gasteiger partial charge in [-0.2, -0.15) is 0 Å². The van der Waals surface area contributed by atoms with Crippen LogP contribution in [0.1, 0.15) is 23.0 Å². The maximum Gasteiger partial charge on any atom is 0.274 e. The highest BCUT2D eigenvalue weighted by Crippen LogP contribution is 2.11. The molecule has 116 valence electrons. The molecular formula is C16H20N4O2. The smallest absolute Gasteiger partial charge is 0.274 e. The number of hydrogen-bond donors (Lipinski definition) is 2. The number of aryl methyl sites for hydroxylation is 1. The van der Waals surface area contributed by atoms with Gasteiger partial charge in [-0.3, -0.25) is 4.79 Å². The summed E-state index contributed by atoms with van der Waals surface area (Å²) in [7, 11) is 1.62. The highest BCUT2D eigenvalue weighted by Gasteiger charge is 2.09. The fourth-order valence-corrected chi connectivity index (χ4v) is 1.85. The summed E-state index contributed by atoms with van der Waals surface area (Å²) in [6.45, 7) is 3.22. The molecule has 0 aliphatic heterocycles. The summed E-state index contributed by atoms with van der Waals surface area (Å²) in [5.74, 6) is 0.146. The van der Waals surface area contributed by atoms with Gasteiger partial charge < -0.3 is 15.4 Å². The second-order valence-electron chi connectivity index (χ2n) is 4.69. The van der Waals surface area contributed by atoms with Crippen LogP contribution in [0.15, 0.2) is 36.5 Å². The first-order valence-corrected chi connectivity index (χ1v) is 7.19. The first-order chi connectivity index (χ1) is 10.7. The van der Waals surface area contributed by atoms with Crippen molar-refractivity contribution in [3.05, 3.63) is 47.8 Å². The third-order valence-electron chi connectivity index (χ3n) is 3.10. The first kappa shape index (κ1) is 15.9. The summed E-state index contributed by atoms with van der Waals surface area (Å²) in [4.78, 5) is 20.4. The Hall–Kier alpha value is -2.47. The average Bonchev–Trinajstić information content (AvgIpc) is 2.56. The molecule has 0 fully saturated rings. The molecule has 0 aliphatic rings. The van der Waals surface area contributed by atoms with Gasteiger partial charge in [-0.1, -0.05) is 19.1 Å². The molecule has 2 rings (SSSR count). The van der Waals surface area contributed by atoms with Crippen LogP contribution in [0.2, 0.25) is 0 Å². The summed E-state index contributed by atoms with van der Waals surface area (Å²) in [6.07, 6.45) is 2.52. The lowest BCUT2D eigenvalue weighted by Gasteiger charge is -2.07. The molecule has 0 spiro atoms. The van der Waals surface area contributed by atoms with Gasteiger partial charge in [0.05, 0.1) is 6.61 Å². The molecule has 0 radical (unpaired) electrons. The van der Waals surface area contributed by atoms with Gasteiger partial charge in [0.25, 0.3) is 5.91 Å². The van der Waals surface area contributed by atoms with E-state index >= 15 is 0 Å². The lowest BCUT2D eigenvalue weighted by molar-refractivity contribution is 0.102. The Morgan fingerprint density at radius 3 is 2.68 bits per heavy atom. The van der Waals surface area contributed by atoms with Crippen LogP contribution in [-0.4, -0.2) is 36.1 Å². The quantitative estimate of drug-likeness (QED) is 0.768. The maximum atomic E-state index is 12.2. The second kappa shape index (κ2) is 8.09. The molecule has 0 saturated carbocycles. The van der Waals surface area contributed by atoms with E-state index in [9.17, 15) is 4.79 Å². The molecule has 1 aromatic heterocycles. The van der Waals surface area contributed by atoms with Crippen LogP contribution < -0.4 is 10.6 Å². The highest BCUT2D eigenvalue weighted by atomic mass is 16.5. The van der Waals surface area contributed by atoms with E-state index in [1.807, 2.05) is 24.3 Å². The lowest BCUT2D eigenvalue weighted by atomic mass is 10.1. The standard InChI is InChI=1S/C16H20N4O2/c1-3-12-4-6-13(7-5-12)19-15(21)14-8-9-17-16(20-14)18-10-11-22-2/h4-9H,3,10-11H2,1-2H3,(H,19,21)(H,17,18,20). The Labute approximate surface area is 129 Å². The Balaban J connectivity index is 2.00. The number of nitrogens with one attached hydrogen (secondary N) is 2. The van der Waals surface area contributed by atoms with E-state index in [-0.39, 0.29) is 5.91 Å². The number of nitrogens with zero attached hydrogens (tertiary/aromatic N) is 2. The topological polar surface area (TPSA) is 76.1 Å². The Morgan fingerprint density at radius 2 is 2.00 bits per heavy atom. The van der Waals surface area contributed by atoms with Gasteiger partial charge in [0.1, 0.15) is 5.69 Å². The molecule has 0 saturated heterocycles. The molecule has 2 N–H and O–H groups in total. The molecule has 6 nitrogen and oxygen atoms in total. The Morgan fingerprint density at radius 1 is 1.23 bits per heavy atom. The predicted molar refractivity (Wildman–Crippen MR) is 86.2 cm³/mol. The van der Waals surface area contributed by atoms with Crippen LogP contribution >= 0.6 is 0 Å². The molecule has 2 aromatic rings. The molecule has 1 heterocycles. The maximum absolute atomic E-state index is 12.2. The van der Waals surface area contributed by atoms with Crippen molar-refractivity contribution in [3.8, 4) is 0 Å². The number of hydrogen-bond acceptors (Lipinski definition) is 5. The van der Waals surface area contributed by atoms with E-state index in [0.29, 0.717) is 24.8 Å². The van der Waals surface area contributed by atoms with Gasteiger partial charge in [0.15, 0.2) is 0 Å². The summed E-state index contributed by atoms with van der Waals surface area (Å²) in [6, 6.07) is 9.34. The van der Waals surface area contributed by atoms with Crippen molar-refractivity contribution >= 4 is 17.5 Å². The van der Waals surface area contributed by atoms with Gasteiger partial charge in [0, 0.05) is 25.5 Å². The van der Waals surface area contributed by atoms with E-state index < -0.39 is 0 Å². The third-order valence-corrected chi connectivity index (χ3v) is 3.10. The van der Waals surface area contributed by atoms with E-state index in [0.717, 1.165) is 12.1 Å². The number of anilines is 2. The van der Waals surface area contributed by atoms with Crippen LogP contribution in [0.3, 0.4) is 0 Å². The van der Waals surface area contributed by atoms with E-state index in [1.54, 1.807) is 19.4 Å². The number of carbonyl (C=O) groups excluding carboxylic acids is 1. The van der Waals surface area contributed by atoms with Gasteiger partial charge >= 0.3 is 0 Å². The van der Waals surface area contributed by atoms with Crippen molar-refractivity contribution in [2.45, 2.75) is 13.3 Å². The zero-order chi connectivity index (χ0) is 15.8. The fourth-order valence-electron chi connectivity index (χ4n) is 1.85. The number of aromatic nitrogens is 2. The fraction of sp³-hybridized carbons (Fsp3) is 0.312. The molecule has 0 bridgehead atoms. The highest BCUT2D eigenvalue weighted by molar-refractivity contribution is 6.02. The predicted octanol–water partition coefficient (Wildman–Crippen LogP) is 2.35. The van der Waals surface area contributed by atoms with Crippen molar-refractivity contribution in [3.63, 3.8) is 0 Å². The van der Waals surface area contributed by atoms with Gasteiger partial charge in [-0.25, -0.2) is 9.97 Å². The number of carbonyl (C=O) groups is 1. The van der Waals surface area contributed by atoms with E-state index in [4.69, 9.17) is 4.74 Å². The van der Waals surface area contributed by atoms with Crippen molar-refractivity contribution in [1.29, 1.82) is 0 Å². The third kappa shape index (κ3) is 4.53. The summed E-state index contributed by atoms with van der Waals surface area (Å²) >= 11 is 0. The van der Waals surface area contributed by atoms with Gasteiger partial charge in [-0.15, -0.1) is 0 Å². The normalized spacial score (nSPS) is 10.3. The zero-order valence-electron chi connectivity index (χ0n) is 12.8. The SMILES string of the molecule is CCc1ccc(NC(=O)c2ccnc(NCCOC)n2)cc1. The Kier molecular flexibility index (Phi) is 5.85. The van der Waals surface area contributed by atoms with Crippen molar-refractivity contribution in [2.75, 3.05) is 30.9 Å². The number of methoxy groups -OCH3 is 1. The summed E-state index contributed by atoms with van der Waals surface area (Å²) < 4.78 is 4.94. The average molecular weight is 300 g/mol. The van der Waals surface area contributed by atoms with E-state index in [1.165, 1.54) is 5.56 Å². The minimum atomic E-state index is -0.263. The molecule has 1 aromatic carbocycles. The lowest BCUT2D eigenvalue weighted by Crippen LogP contribution is -2.16. The summed E-state index contributed by atoms with van der Waals surface area (Å²) in [5.41, 5.74) is 2.29. The first-order valence-electron chi connectivity index (χ1n) is 7.19. The molecule has 0 aliphatic carbocycles. The van der Waals surface area contributed by atoms with Crippen molar-refractivity contribution < 1.29 is 9.53 Å². The molecule has 0 unspecified atom stereocenters. The molecule has 6 heteroatoms. The van der Waals surface area contributed by atoms with Gasteiger partial charge in [0.2, 0.25) is 5.95 Å². The van der Waals surface area contributed by atoms with Crippen LogP contribution in [-0.2, 0) is 11.2 Å². The van der Waals surface area contributed by atoms with Crippen LogP contribution in [0, 0.1) is 0 Å². The van der Waals surface area contributed by atoms with Crippen LogP contribution in [0.25, 0.3) is 0 Å². The molecule has 0 atom stereocenters.